The molecule has 0 fully saturated rings. The van der Waals surface area contributed by atoms with Gasteiger partial charge >= 0.3 is 5.97 Å². The molecule has 0 aliphatic carbocycles. The zero-order valence-electron chi connectivity index (χ0n) is 17.9. The van der Waals surface area contributed by atoms with E-state index in [0.29, 0.717) is 32.9 Å². The first-order valence-electron chi connectivity index (χ1n) is 9.97. The molecule has 0 saturated carbocycles. The summed E-state index contributed by atoms with van der Waals surface area (Å²) in [7, 11) is 2.91. The predicted molar refractivity (Wildman–Crippen MR) is 126 cm³/mol. The standard InChI is InChI=1S/C25H20BrFN2O4/c1-31-23-12-19(33-14-17-7-8-18(26)11-21(17)27)9-10-20(23)22-13-28-24(29-22)15-3-5-16(6-4-15)25(30)32-2/h3-13H,14H2,1-2H3,(H,28,29). The quantitative estimate of drug-likeness (QED) is 0.307. The monoisotopic (exact) mass is 510 g/mol. The summed E-state index contributed by atoms with van der Waals surface area (Å²) in [6.45, 7) is 0.0946. The second-order valence-electron chi connectivity index (χ2n) is 7.10. The van der Waals surface area contributed by atoms with Crippen molar-refractivity contribution in [3.63, 3.8) is 0 Å². The highest BCUT2D eigenvalue weighted by Gasteiger charge is 2.13. The first kappa shape index (κ1) is 22.5. The Morgan fingerprint density at radius 2 is 1.85 bits per heavy atom. The molecule has 1 N–H and O–H groups in total. The normalized spacial score (nSPS) is 10.7. The van der Waals surface area contributed by atoms with Crippen molar-refractivity contribution in [1.29, 1.82) is 0 Å². The summed E-state index contributed by atoms with van der Waals surface area (Å²) >= 11 is 3.25. The van der Waals surface area contributed by atoms with Gasteiger partial charge in [-0.2, -0.15) is 0 Å². The molecule has 168 valence electrons. The van der Waals surface area contributed by atoms with Crippen molar-refractivity contribution < 1.29 is 23.4 Å². The zero-order chi connectivity index (χ0) is 23.4. The maximum Gasteiger partial charge on any atom is 0.337 e. The van der Waals surface area contributed by atoms with Gasteiger partial charge in [0.15, 0.2) is 0 Å². The number of methoxy groups -OCH3 is 2. The summed E-state index contributed by atoms with van der Waals surface area (Å²) in [5.74, 6) is 1.06. The number of imidazole rings is 1. The zero-order valence-corrected chi connectivity index (χ0v) is 19.5. The van der Waals surface area contributed by atoms with Crippen LogP contribution in [0.4, 0.5) is 4.39 Å². The molecule has 0 saturated heterocycles. The van der Waals surface area contributed by atoms with Gasteiger partial charge < -0.3 is 19.2 Å². The molecule has 4 aromatic rings. The van der Waals surface area contributed by atoms with Crippen molar-refractivity contribution in [2.75, 3.05) is 14.2 Å². The SMILES string of the molecule is COC(=O)c1ccc(-c2ncc(-c3ccc(OCc4ccc(Br)cc4F)cc3OC)[nH]2)cc1. The number of aromatic amines is 1. The third-order valence-corrected chi connectivity index (χ3v) is 5.52. The number of benzene rings is 3. The first-order valence-corrected chi connectivity index (χ1v) is 10.8. The molecule has 0 aliphatic rings. The first-order chi connectivity index (χ1) is 16.0. The minimum Gasteiger partial charge on any atom is -0.496 e. The van der Waals surface area contributed by atoms with Crippen LogP contribution in [0.15, 0.2) is 71.3 Å². The Morgan fingerprint density at radius 1 is 1.06 bits per heavy atom. The summed E-state index contributed by atoms with van der Waals surface area (Å²) in [4.78, 5) is 19.3. The van der Waals surface area contributed by atoms with E-state index in [1.54, 1.807) is 61.8 Å². The van der Waals surface area contributed by atoms with E-state index in [0.717, 1.165) is 16.8 Å². The number of halogens is 2. The molecule has 0 amide bonds. The van der Waals surface area contributed by atoms with Crippen LogP contribution in [0.5, 0.6) is 11.5 Å². The predicted octanol–water partition coefficient (Wildman–Crippen LogP) is 6.02. The maximum absolute atomic E-state index is 14.0. The van der Waals surface area contributed by atoms with Crippen molar-refractivity contribution in [2.45, 2.75) is 6.61 Å². The molecular weight excluding hydrogens is 491 g/mol. The molecular formula is C25H20BrFN2O4. The molecule has 0 bridgehead atoms. The molecule has 3 aromatic carbocycles. The molecule has 33 heavy (non-hydrogen) atoms. The van der Waals surface area contributed by atoms with Crippen molar-refractivity contribution in [1.82, 2.24) is 9.97 Å². The maximum atomic E-state index is 14.0. The van der Waals surface area contributed by atoms with Gasteiger partial charge in [-0.25, -0.2) is 14.2 Å². The highest BCUT2D eigenvalue weighted by Crippen LogP contribution is 2.34. The van der Waals surface area contributed by atoms with Crippen LogP contribution in [0.2, 0.25) is 0 Å². The Balaban J connectivity index is 1.52. The van der Waals surface area contributed by atoms with Crippen LogP contribution in [0.25, 0.3) is 22.6 Å². The molecule has 0 unspecified atom stereocenters. The number of ether oxygens (including phenoxy) is 3. The number of aromatic nitrogens is 2. The van der Waals surface area contributed by atoms with Gasteiger partial charge in [-0.3, -0.25) is 0 Å². The minimum atomic E-state index is -0.392. The summed E-state index contributed by atoms with van der Waals surface area (Å²) < 4.78 is 30.7. The number of esters is 1. The van der Waals surface area contributed by atoms with Crippen LogP contribution in [0, 0.1) is 5.82 Å². The lowest BCUT2D eigenvalue weighted by Gasteiger charge is -2.11. The Bertz CT molecular complexity index is 1290. The fraction of sp³-hybridized carbons (Fsp3) is 0.120. The highest BCUT2D eigenvalue weighted by molar-refractivity contribution is 9.10. The number of carbonyl (C=O) groups is 1. The molecule has 8 heteroatoms. The smallest absolute Gasteiger partial charge is 0.337 e. The number of hydrogen-bond acceptors (Lipinski definition) is 5. The van der Waals surface area contributed by atoms with Gasteiger partial charge in [0.25, 0.3) is 0 Å². The van der Waals surface area contributed by atoms with E-state index in [1.807, 2.05) is 6.07 Å². The molecule has 0 aliphatic heterocycles. The van der Waals surface area contributed by atoms with Crippen LogP contribution < -0.4 is 9.47 Å². The van der Waals surface area contributed by atoms with Crippen molar-refractivity contribution in [2.24, 2.45) is 0 Å². The molecule has 6 nitrogen and oxygen atoms in total. The van der Waals surface area contributed by atoms with Gasteiger partial charge in [-0.15, -0.1) is 0 Å². The molecule has 0 radical (unpaired) electrons. The average molecular weight is 511 g/mol. The van der Waals surface area contributed by atoms with Gasteiger partial charge in [0.05, 0.1) is 31.7 Å². The number of rotatable bonds is 7. The topological polar surface area (TPSA) is 73.4 Å². The Morgan fingerprint density at radius 3 is 2.55 bits per heavy atom. The summed E-state index contributed by atoms with van der Waals surface area (Å²) in [6, 6.07) is 17.2. The summed E-state index contributed by atoms with van der Waals surface area (Å²) in [5, 5.41) is 0. The number of nitrogens with one attached hydrogen (secondary N) is 1. The lowest BCUT2D eigenvalue weighted by atomic mass is 10.1. The molecule has 0 spiro atoms. The number of H-pyrrole nitrogens is 1. The summed E-state index contributed by atoms with van der Waals surface area (Å²) in [6.07, 6.45) is 1.71. The van der Waals surface area contributed by atoms with Crippen LogP contribution in [-0.2, 0) is 11.3 Å². The van der Waals surface area contributed by atoms with Crippen LogP contribution in [0.3, 0.4) is 0 Å². The number of carbonyl (C=O) groups excluding carboxylic acids is 1. The molecule has 1 heterocycles. The minimum absolute atomic E-state index is 0.0946. The van der Waals surface area contributed by atoms with Crippen LogP contribution in [0.1, 0.15) is 15.9 Å². The molecule has 0 atom stereocenters. The van der Waals surface area contributed by atoms with Crippen LogP contribution >= 0.6 is 15.9 Å². The lowest BCUT2D eigenvalue weighted by Crippen LogP contribution is -2.00. The van der Waals surface area contributed by atoms with E-state index < -0.39 is 5.97 Å². The van der Waals surface area contributed by atoms with Crippen molar-refractivity contribution >= 4 is 21.9 Å². The Kier molecular flexibility index (Phi) is 6.74. The highest BCUT2D eigenvalue weighted by atomic mass is 79.9. The van der Waals surface area contributed by atoms with E-state index in [1.165, 1.54) is 13.2 Å². The van der Waals surface area contributed by atoms with Gasteiger partial charge in [0.2, 0.25) is 0 Å². The van der Waals surface area contributed by atoms with E-state index in [2.05, 4.69) is 25.9 Å². The number of hydrogen-bond donors (Lipinski definition) is 1. The van der Waals surface area contributed by atoms with E-state index in [9.17, 15) is 9.18 Å². The average Bonchev–Trinajstić information content (AvgIpc) is 3.33. The van der Waals surface area contributed by atoms with Crippen LogP contribution in [-0.4, -0.2) is 30.2 Å². The Labute approximate surface area is 198 Å². The van der Waals surface area contributed by atoms with Gasteiger partial charge in [-0.05, 0) is 36.4 Å². The number of nitrogens with zero attached hydrogens (tertiary/aromatic N) is 1. The van der Waals surface area contributed by atoms with Gasteiger partial charge in [0.1, 0.15) is 29.7 Å². The van der Waals surface area contributed by atoms with E-state index >= 15 is 0 Å². The van der Waals surface area contributed by atoms with Gasteiger partial charge in [0, 0.05) is 27.2 Å². The van der Waals surface area contributed by atoms with E-state index in [4.69, 9.17) is 14.2 Å². The molecule has 4 rings (SSSR count). The Hall–Kier alpha value is -3.65. The lowest BCUT2D eigenvalue weighted by molar-refractivity contribution is 0.0600. The summed E-state index contributed by atoms with van der Waals surface area (Å²) in [5.41, 5.74) is 3.30. The largest absolute Gasteiger partial charge is 0.496 e. The fourth-order valence-electron chi connectivity index (χ4n) is 3.27. The second-order valence-corrected chi connectivity index (χ2v) is 8.02. The van der Waals surface area contributed by atoms with Gasteiger partial charge in [-0.1, -0.05) is 34.1 Å². The third-order valence-electron chi connectivity index (χ3n) is 5.03. The third kappa shape index (κ3) is 5.06. The fourth-order valence-corrected chi connectivity index (χ4v) is 3.60. The van der Waals surface area contributed by atoms with Crippen molar-refractivity contribution in [3.8, 4) is 34.1 Å². The molecule has 1 aromatic heterocycles. The van der Waals surface area contributed by atoms with Crippen molar-refractivity contribution in [3.05, 3.63) is 88.3 Å². The van der Waals surface area contributed by atoms with E-state index in [-0.39, 0.29) is 12.4 Å². The second kappa shape index (κ2) is 9.87.